The van der Waals surface area contributed by atoms with Crippen LogP contribution in [-0.2, 0) is 11.2 Å². The molecule has 1 aliphatic heterocycles. The summed E-state index contributed by atoms with van der Waals surface area (Å²) in [6, 6.07) is 28.7. The summed E-state index contributed by atoms with van der Waals surface area (Å²) in [5.41, 5.74) is 3.52. The molecule has 3 aromatic rings. The highest BCUT2D eigenvalue weighted by molar-refractivity contribution is 5.78. The number of aryl methyl sites for hydroxylation is 1. The molecule has 0 radical (unpaired) electrons. The molecule has 3 aromatic carbocycles. The zero-order valence-corrected chi connectivity index (χ0v) is 17.4. The molecule has 0 saturated carbocycles. The normalized spacial score (nSPS) is 14.5. The highest BCUT2D eigenvalue weighted by Crippen LogP contribution is 2.29. The van der Waals surface area contributed by atoms with Gasteiger partial charge in [-0.3, -0.25) is 4.79 Å². The number of hydrogen-bond acceptors (Lipinski definition) is 2. The van der Waals surface area contributed by atoms with Gasteiger partial charge in [0.2, 0.25) is 0 Å². The number of carbonyl (C=O) groups excluding carboxylic acids is 1. The van der Waals surface area contributed by atoms with Gasteiger partial charge in [0.1, 0.15) is 5.75 Å². The lowest BCUT2D eigenvalue weighted by atomic mass is 9.90. The van der Waals surface area contributed by atoms with Gasteiger partial charge >= 0.3 is 0 Å². The van der Waals surface area contributed by atoms with Crippen molar-refractivity contribution in [1.82, 2.24) is 4.90 Å². The van der Waals surface area contributed by atoms with Gasteiger partial charge < -0.3 is 9.64 Å². The highest BCUT2D eigenvalue weighted by atomic mass is 16.5. The highest BCUT2D eigenvalue weighted by Gasteiger charge is 2.23. The zero-order valence-electron chi connectivity index (χ0n) is 17.4. The lowest BCUT2D eigenvalue weighted by molar-refractivity contribution is -0.134. The molecule has 0 spiro atoms. The van der Waals surface area contributed by atoms with Crippen LogP contribution in [0.2, 0.25) is 0 Å². The van der Waals surface area contributed by atoms with E-state index >= 15 is 0 Å². The summed E-state index contributed by atoms with van der Waals surface area (Å²) in [7, 11) is 0. The van der Waals surface area contributed by atoms with Gasteiger partial charge in [0, 0.05) is 18.7 Å². The van der Waals surface area contributed by atoms with E-state index in [1.54, 1.807) is 0 Å². The summed E-state index contributed by atoms with van der Waals surface area (Å²) in [5, 5.41) is 0. The number of carbonyl (C=O) groups is 1. The van der Waals surface area contributed by atoms with E-state index in [2.05, 4.69) is 42.5 Å². The van der Waals surface area contributed by atoms with E-state index < -0.39 is 0 Å². The van der Waals surface area contributed by atoms with Crippen molar-refractivity contribution in [2.24, 2.45) is 5.92 Å². The van der Waals surface area contributed by atoms with Crippen LogP contribution in [0, 0.1) is 5.92 Å². The maximum absolute atomic E-state index is 12.7. The summed E-state index contributed by atoms with van der Waals surface area (Å²) in [6.07, 6.45) is 4.49. The molecule has 0 N–H and O–H groups in total. The van der Waals surface area contributed by atoms with Crippen molar-refractivity contribution in [3.8, 4) is 16.9 Å². The van der Waals surface area contributed by atoms with Crippen LogP contribution in [0.5, 0.6) is 5.75 Å². The van der Waals surface area contributed by atoms with Gasteiger partial charge in [-0.15, -0.1) is 0 Å². The van der Waals surface area contributed by atoms with Crippen LogP contribution in [-0.4, -0.2) is 30.5 Å². The first kappa shape index (κ1) is 20.2. The van der Waals surface area contributed by atoms with E-state index in [0.717, 1.165) is 49.2 Å². The number of piperidine rings is 1. The summed E-state index contributed by atoms with van der Waals surface area (Å²) >= 11 is 0. The van der Waals surface area contributed by atoms with Crippen molar-refractivity contribution >= 4 is 5.91 Å². The SMILES string of the molecule is O=C(COc1ccccc1-c1ccccc1)N1CCC(CCc2ccccc2)CC1. The Morgan fingerprint density at radius 3 is 2.20 bits per heavy atom. The second kappa shape index (κ2) is 10.1. The van der Waals surface area contributed by atoms with Crippen molar-refractivity contribution in [2.45, 2.75) is 25.7 Å². The lowest BCUT2D eigenvalue weighted by Crippen LogP contribution is -2.41. The van der Waals surface area contributed by atoms with E-state index in [4.69, 9.17) is 4.74 Å². The average molecular weight is 400 g/mol. The summed E-state index contributed by atoms with van der Waals surface area (Å²) < 4.78 is 5.95. The first-order valence-corrected chi connectivity index (χ1v) is 10.9. The quantitative estimate of drug-likeness (QED) is 0.517. The second-order valence-electron chi connectivity index (χ2n) is 8.00. The Morgan fingerprint density at radius 1 is 0.833 bits per heavy atom. The molecule has 0 atom stereocenters. The Hall–Kier alpha value is -3.07. The number of likely N-dealkylation sites (tertiary alicyclic amines) is 1. The molecule has 0 aromatic heterocycles. The number of rotatable bonds is 7. The number of hydrogen-bond donors (Lipinski definition) is 0. The van der Waals surface area contributed by atoms with Crippen LogP contribution in [0.1, 0.15) is 24.8 Å². The number of amides is 1. The molecular formula is C27H29NO2. The topological polar surface area (TPSA) is 29.5 Å². The van der Waals surface area contributed by atoms with Gasteiger partial charge in [0.05, 0.1) is 0 Å². The van der Waals surface area contributed by atoms with Gasteiger partial charge in [0.15, 0.2) is 6.61 Å². The van der Waals surface area contributed by atoms with Crippen LogP contribution in [0.15, 0.2) is 84.9 Å². The largest absolute Gasteiger partial charge is 0.483 e. The lowest BCUT2D eigenvalue weighted by Gasteiger charge is -2.32. The molecule has 1 heterocycles. The molecule has 3 heteroatoms. The van der Waals surface area contributed by atoms with Gasteiger partial charge in [0.25, 0.3) is 5.91 Å². The molecule has 1 amide bonds. The molecule has 154 valence electrons. The minimum atomic E-state index is 0.0828. The number of para-hydroxylation sites is 1. The minimum Gasteiger partial charge on any atom is -0.483 e. The third kappa shape index (κ3) is 5.29. The van der Waals surface area contributed by atoms with E-state index in [0.29, 0.717) is 5.92 Å². The molecule has 30 heavy (non-hydrogen) atoms. The van der Waals surface area contributed by atoms with E-state index in [9.17, 15) is 4.79 Å². The van der Waals surface area contributed by atoms with E-state index in [1.807, 2.05) is 47.4 Å². The van der Waals surface area contributed by atoms with Gasteiger partial charge in [-0.25, -0.2) is 0 Å². The smallest absolute Gasteiger partial charge is 0.260 e. The Balaban J connectivity index is 1.26. The Bertz CT molecular complexity index is 931. The van der Waals surface area contributed by atoms with Crippen LogP contribution >= 0.6 is 0 Å². The zero-order chi connectivity index (χ0) is 20.6. The molecule has 1 saturated heterocycles. The molecule has 0 unspecified atom stereocenters. The van der Waals surface area contributed by atoms with Crippen molar-refractivity contribution in [1.29, 1.82) is 0 Å². The van der Waals surface area contributed by atoms with Crippen LogP contribution in [0.4, 0.5) is 0 Å². The average Bonchev–Trinajstić information content (AvgIpc) is 2.83. The van der Waals surface area contributed by atoms with Crippen LogP contribution in [0.25, 0.3) is 11.1 Å². The second-order valence-corrected chi connectivity index (χ2v) is 8.00. The van der Waals surface area contributed by atoms with Crippen molar-refractivity contribution < 1.29 is 9.53 Å². The molecule has 0 bridgehead atoms. The van der Waals surface area contributed by atoms with Crippen molar-refractivity contribution in [2.75, 3.05) is 19.7 Å². The Labute approximate surface area is 179 Å². The molecule has 0 aliphatic carbocycles. The Morgan fingerprint density at radius 2 is 1.47 bits per heavy atom. The first-order valence-electron chi connectivity index (χ1n) is 10.9. The summed E-state index contributed by atoms with van der Waals surface area (Å²) in [5.74, 6) is 1.54. The molecular weight excluding hydrogens is 370 g/mol. The van der Waals surface area contributed by atoms with Gasteiger partial charge in [-0.05, 0) is 48.8 Å². The third-order valence-electron chi connectivity index (χ3n) is 5.97. The Kier molecular flexibility index (Phi) is 6.81. The van der Waals surface area contributed by atoms with E-state index in [1.165, 1.54) is 12.0 Å². The summed E-state index contributed by atoms with van der Waals surface area (Å²) in [6.45, 7) is 1.77. The minimum absolute atomic E-state index is 0.0828. The maximum atomic E-state index is 12.7. The molecule has 4 rings (SSSR count). The molecule has 3 nitrogen and oxygen atoms in total. The fourth-order valence-electron chi connectivity index (χ4n) is 4.17. The standard InChI is InChI=1S/C27H29NO2/c29-27(21-30-26-14-8-7-13-25(26)24-11-5-2-6-12-24)28-19-17-23(18-20-28)16-15-22-9-3-1-4-10-22/h1-14,23H,15-21H2. The van der Waals surface area contributed by atoms with Gasteiger partial charge in [-0.1, -0.05) is 78.9 Å². The van der Waals surface area contributed by atoms with E-state index in [-0.39, 0.29) is 12.5 Å². The first-order chi connectivity index (χ1) is 14.8. The maximum Gasteiger partial charge on any atom is 0.260 e. The van der Waals surface area contributed by atoms with Crippen LogP contribution in [0.3, 0.4) is 0 Å². The van der Waals surface area contributed by atoms with Gasteiger partial charge in [-0.2, -0.15) is 0 Å². The predicted molar refractivity (Wildman–Crippen MR) is 121 cm³/mol. The number of nitrogens with zero attached hydrogens (tertiary/aromatic N) is 1. The van der Waals surface area contributed by atoms with Crippen LogP contribution < -0.4 is 4.74 Å². The van der Waals surface area contributed by atoms with Crippen molar-refractivity contribution in [3.63, 3.8) is 0 Å². The fraction of sp³-hybridized carbons (Fsp3) is 0.296. The number of benzene rings is 3. The monoisotopic (exact) mass is 399 g/mol. The number of ether oxygens (including phenoxy) is 1. The fourth-order valence-corrected chi connectivity index (χ4v) is 4.17. The van der Waals surface area contributed by atoms with Crippen molar-refractivity contribution in [3.05, 3.63) is 90.5 Å². The molecule has 1 fully saturated rings. The molecule has 1 aliphatic rings. The summed E-state index contributed by atoms with van der Waals surface area (Å²) in [4.78, 5) is 14.7. The third-order valence-corrected chi connectivity index (χ3v) is 5.97. The predicted octanol–water partition coefficient (Wildman–Crippen LogP) is 5.60.